The van der Waals surface area contributed by atoms with E-state index in [9.17, 15) is 4.79 Å². The molecule has 1 N–H and O–H groups in total. The highest BCUT2D eigenvalue weighted by Gasteiger charge is 2.36. The fraction of sp³-hybridized carbons (Fsp3) is 0.107. The Bertz CT molecular complexity index is 1510. The van der Waals surface area contributed by atoms with E-state index in [-0.39, 0.29) is 18.2 Å². The third kappa shape index (κ3) is 4.34. The summed E-state index contributed by atoms with van der Waals surface area (Å²) in [6.45, 7) is 0.534. The summed E-state index contributed by atoms with van der Waals surface area (Å²) >= 11 is 1.34. The van der Waals surface area contributed by atoms with Gasteiger partial charge in [0.25, 0.3) is 5.91 Å². The number of fused-ring (bicyclic) bond motifs is 2. The molecule has 9 heteroatoms. The number of nitrogens with one attached hydrogen (secondary N) is 1. The normalized spacial score (nSPS) is 17.0. The monoisotopic (exact) mass is 511 g/mol. The minimum atomic E-state index is -0.450. The van der Waals surface area contributed by atoms with Gasteiger partial charge in [-0.2, -0.15) is 4.99 Å². The van der Waals surface area contributed by atoms with Gasteiger partial charge in [0, 0.05) is 5.41 Å². The van der Waals surface area contributed by atoms with E-state index in [1.165, 1.54) is 11.8 Å². The largest absolute Gasteiger partial charge is 0.493 e. The van der Waals surface area contributed by atoms with E-state index in [0.717, 1.165) is 22.6 Å². The SMILES string of the molecule is COc1cc(/C=C2/C(=N)N3C(c4ccccc4)=CSC3=NC2=O)ccc1OCc1ccc2c(c1)OCO2. The predicted octanol–water partition coefficient (Wildman–Crippen LogP) is 5.31. The molecule has 1 amide bonds. The van der Waals surface area contributed by atoms with Crippen molar-refractivity contribution in [1.29, 1.82) is 5.41 Å². The average molecular weight is 512 g/mol. The van der Waals surface area contributed by atoms with Gasteiger partial charge in [0.05, 0.1) is 18.4 Å². The van der Waals surface area contributed by atoms with Gasteiger partial charge in [-0.3, -0.25) is 15.1 Å². The molecule has 0 unspecified atom stereocenters. The summed E-state index contributed by atoms with van der Waals surface area (Å²) in [5.74, 6) is 2.11. The lowest BCUT2D eigenvalue weighted by Crippen LogP contribution is -2.38. The molecule has 0 aromatic heterocycles. The molecule has 0 spiro atoms. The van der Waals surface area contributed by atoms with Crippen molar-refractivity contribution < 1.29 is 23.7 Å². The summed E-state index contributed by atoms with van der Waals surface area (Å²) in [4.78, 5) is 18.7. The first-order valence-electron chi connectivity index (χ1n) is 11.5. The summed E-state index contributed by atoms with van der Waals surface area (Å²) in [5.41, 5.74) is 3.58. The summed E-state index contributed by atoms with van der Waals surface area (Å²) in [6.07, 6.45) is 1.65. The fourth-order valence-corrected chi connectivity index (χ4v) is 5.06. The maximum absolute atomic E-state index is 12.8. The second-order valence-electron chi connectivity index (χ2n) is 8.32. The van der Waals surface area contributed by atoms with E-state index in [2.05, 4.69) is 4.99 Å². The van der Waals surface area contributed by atoms with Gasteiger partial charge >= 0.3 is 0 Å². The number of thioether (sulfide) groups is 1. The molecule has 37 heavy (non-hydrogen) atoms. The first kappa shape index (κ1) is 22.9. The second kappa shape index (κ2) is 9.51. The van der Waals surface area contributed by atoms with Gasteiger partial charge in [-0.25, -0.2) is 0 Å². The molecule has 3 heterocycles. The molecule has 184 valence electrons. The fourth-order valence-electron chi connectivity index (χ4n) is 4.17. The topological polar surface area (TPSA) is 93.4 Å². The molecule has 6 rings (SSSR count). The third-order valence-corrected chi connectivity index (χ3v) is 6.84. The van der Waals surface area contributed by atoms with Crippen LogP contribution in [0.2, 0.25) is 0 Å². The number of hydrogen-bond acceptors (Lipinski definition) is 7. The van der Waals surface area contributed by atoms with Crippen LogP contribution in [0.25, 0.3) is 11.8 Å². The van der Waals surface area contributed by atoms with Gasteiger partial charge in [0.2, 0.25) is 6.79 Å². The van der Waals surface area contributed by atoms with Crippen molar-refractivity contribution in [2.24, 2.45) is 4.99 Å². The van der Waals surface area contributed by atoms with Crippen molar-refractivity contribution in [1.82, 2.24) is 4.90 Å². The number of aliphatic imine (C=N–C) groups is 1. The number of rotatable bonds is 6. The van der Waals surface area contributed by atoms with Gasteiger partial charge in [-0.05, 0) is 47.0 Å². The molecule has 0 aliphatic carbocycles. The second-order valence-corrected chi connectivity index (χ2v) is 9.15. The summed E-state index contributed by atoms with van der Waals surface area (Å²) in [5, 5.41) is 11.2. The molecular weight excluding hydrogens is 490 g/mol. The number of methoxy groups -OCH3 is 1. The quantitative estimate of drug-likeness (QED) is 0.449. The van der Waals surface area contributed by atoms with Crippen LogP contribution in [0.4, 0.5) is 0 Å². The number of benzene rings is 3. The highest BCUT2D eigenvalue weighted by Crippen LogP contribution is 2.38. The van der Waals surface area contributed by atoms with Gasteiger partial charge in [0.15, 0.2) is 28.2 Å². The first-order valence-corrected chi connectivity index (χ1v) is 12.3. The summed E-state index contributed by atoms with van der Waals surface area (Å²) in [7, 11) is 1.56. The van der Waals surface area contributed by atoms with Crippen molar-refractivity contribution in [2.45, 2.75) is 6.61 Å². The molecule has 3 aromatic rings. The maximum atomic E-state index is 12.8. The number of ether oxygens (including phenoxy) is 4. The minimum absolute atomic E-state index is 0.0807. The zero-order valence-electron chi connectivity index (χ0n) is 19.8. The van der Waals surface area contributed by atoms with Gasteiger partial charge < -0.3 is 18.9 Å². The number of amides is 1. The van der Waals surface area contributed by atoms with Crippen molar-refractivity contribution in [3.8, 4) is 23.0 Å². The standard InChI is InChI=1S/C28H21N3O5S/c1-33-24-12-17(7-9-22(24)34-14-18-8-10-23-25(13-18)36-16-35-23)11-20-26(29)31-21(19-5-3-2-4-6-19)15-37-28(31)30-27(20)32/h2-13,15,29H,14,16H2,1H3/b20-11-,29-26?. The van der Waals surface area contributed by atoms with Crippen LogP contribution >= 0.6 is 11.8 Å². The number of carbonyl (C=O) groups excluding carboxylic acids is 1. The van der Waals surface area contributed by atoms with E-state index in [4.69, 9.17) is 24.4 Å². The van der Waals surface area contributed by atoms with Crippen molar-refractivity contribution >= 4 is 40.4 Å². The summed E-state index contributed by atoms with van der Waals surface area (Å²) in [6, 6.07) is 20.8. The van der Waals surface area contributed by atoms with Crippen LogP contribution in [0.3, 0.4) is 0 Å². The van der Waals surface area contributed by atoms with E-state index >= 15 is 0 Å². The lowest BCUT2D eigenvalue weighted by Gasteiger charge is -2.27. The summed E-state index contributed by atoms with van der Waals surface area (Å²) < 4.78 is 22.3. The van der Waals surface area contributed by atoms with E-state index < -0.39 is 5.91 Å². The van der Waals surface area contributed by atoms with E-state index in [0.29, 0.717) is 34.6 Å². The van der Waals surface area contributed by atoms with Crippen LogP contribution < -0.4 is 18.9 Å². The molecule has 8 nitrogen and oxygen atoms in total. The Kier molecular flexibility index (Phi) is 5.90. The Balaban J connectivity index is 1.23. The Morgan fingerprint density at radius 3 is 2.73 bits per heavy atom. The zero-order valence-corrected chi connectivity index (χ0v) is 20.6. The van der Waals surface area contributed by atoms with Gasteiger partial charge in [-0.1, -0.05) is 54.2 Å². The molecule has 0 fully saturated rings. The molecule has 0 saturated heterocycles. The van der Waals surface area contributed by atoms with Crippen LogP contribution in [0.1, 0.15) is 16.7 Å². The van der Waals surface area contributed by atoms with Crippen LogP contribution in [-0.2, 0) is 11.4 Å². The molecule has 0 radical (unpaired) electrons. The van der Waals surface area contributed by atoms with Crippen LogP contribution in [0, 0.1) is 5.41 Å². The van der Waals surface area contributed by atoms with Crippen molar-refractivity contribution in [3.63, 3.8) is 0 Å². The molecular formula is C28H21N3O5S. The van der Waals surface area contributed by atoms with Gasteiger partial charge in [-0.15, -0.1) is 0 Å². The number of carbonyl (C=O) groups is 1. The number of hydrogen-bond donors (Lipinski definition) is 1. The molecule has 3 aliphatic heterocycles. The van der Waals surface area contributed by atoms with Crippen LogP contribution in [0.5, 0.6) is 23.0 Å². The Labute approximate surface area is 217 Å². The molecule has 0 atom stereocenters. The van der Waals surface area contributed by atoms with E-state index in [1.54, 1.807) is 30.2 Å². The van der Waals surface area contributed by atoms with Crippen LogP contribution in [0.15, 0.2) is 82.7 Å². The number of amidine groups is 2. The smallest absolute Gasteiger partial charge is 0.283 e. The van der Waals surface area contributed by atoms with E-state index in [1.807, 2.05) is 60.0 Å². The van der Waals surface area contributed by atoms with Gasteiger partial charge in [0.1, 0.15) is 12.4 Å². The average Bonchev–Trinajstić information content (AvgIpc) is 3.57. The highest BCUT2D eigenvalue weighted by molar-refractivity contribution is 8.17. The van der Waals surface area contributed by atoms with Crippen molar-refractivity contribution in [3.05, 3.63) is 94.4 Å². The zero-order chi connectivity index (χ0) is 25.4. The Hall–Kier alpha value is -4.50. The Morgan fingerprint density at radius 1 is 1.05 bits per heavy atom. The third-order valence-electron chi connectivity index (χ3n) is 6.01. The van der Waals surface area contributed by atoms with Crippen LogP contribution in [-0.4, -0.2) is 35.7 Å². The maximum Gasteiger partial charge on any atom is 0.283 e. The predicted molar refractivity (Wildman–Crippen MR) is 142 cm³/mol. The molecule has 3 aliphatic rings. The molecule has 3 aromatic carbocycles. The first-order chi connectivity index (χ1) is 18.1. The Morgan fingerprint density at radius 2 is 1.89 bits per heavy atom. The molecule has 0 bridgehead atoms. The highest BCUT2D eigenvalue weighted by atomic mass is 32.2. The number of nitrogens with zero attached hydrogens (tertiary/aromatic N) is 2. The molecule has 0 saturated carbocycles. The minimum Gasteiger partial charge on any atom is -0.493 e. The van der Waals surface area contributed by atoms with Crippen molar-refractivity contribution in [2.75, 3.05) is 13.9 Å². The lowest BCUT2D eigenvalue weighted by molar-refractivity contribution is -0.114. The lowest BCUT2D eigenvalue weighted by atomic mass is 10.1.